The number of rotatable bonds is 0. The van der Waals surface area contributed by atoms with Crippen molar-refractivity contribution in [2.24, 2.45) is 0 Å². The quantitative estimate of drug-likeness (QED) is 0.519. The molecule has 3 N–H and O–H groups in total. The van der Waals surface area contributed by atoms with Gasteiger partial charge in [0.2, 0.25) is 0 Å². The summed E-state index contributed by atoms with van der Waals surface area (Å²) in [5.41, 5.74) is 1.31. The molecule has 1 aliphatic heterocycles. The third-order valence-electron chi connectivity index (χ3n) is 2.86. The first-order valence-electron chi connectivity index (χ1n) is 5.19. The molecule has 0 aromatic heterocycles. The Bertz CT molecular complexity index is 605. The summed E-state index contributed by atoms with van der Waals surface area (Å²) < 4.78 is 5.46. The maximum atomic E-state index is 9.72. The summed E-state index contributed by atoms with van der Waals surface area (Å²) in [6, 6.07) is 7.82. The third-order valence-corrected chi connectivity index (χ3v) is 2.86. The van der Waals surface area contributed by atoms with Gasteiger partial charge in [-0.05, 0) is 18.2 Å². The van der Waals surface area contributed by atoms with Gasteiger partial charge in [-0.3, -0.25) is 0 Å². The van der Waals surface area contributed by atoms with E-state index >= 15 is 0 Å². The van der Waals surface area contributed by atoms with Crippen molar-refractivity contribution >= 4 is 0 Å². The van der Waals surface area contributed by atoms with Crippen molar-refractivity contribution in [3.8, 4) is 28.7 Å². The number of ether oxygens (including phenoxy) is 1. The van der Waals surface area contributed by atoms with Crippen molar-refractivity contribution in [3.05, 3.63) is 41.5 Å². The van der Waals surface area contributed by atoms with Crippen molar-refractivity contribution < 1.29 is 20.1 Å². The van der Waals surface area contributed by atoms with Gasteiger partial charge in [0.1, 0.15) is 5.75 Å². The molecule has 4 heteroatoms. The van der Waals surface area contributed by atoms with Crippen LogP contribution < -0.4 is 4.74 Å². The molecule has 17 heavy (non-hydrogen) atoms. The molecule has 0 spiro atoms. The van der Waals surface area contributed by atoms with E-state index < -0.39 is 0 Å². The van der Waals surface area contributed by atoms with Gasteiger partial charge >= 0.3 is 0 Å². The fourth-order valence-corrected chi connectivity index (χ4v) is 2.01. The standard InChI is InChI=1S/C13H10O4/c14-9-4-5-11(16)13-8(9)6-7-2-1-3-10(15)12(7)17-13/h1-5,14-16H,6H2. The number of hydrogen-bond acceptors (Lipinski definition) is 4. The summed E-state index contributed by atoms with van der Waals surface area (Å²) in [5.74, 6) is 0.592. The summed E-state index contributed by atoms with van der Waals surface area (Å²) in [7, 11) is 0. The van der Waals surface area contributed by atoms with E-state index in [1.54, 1.807) is 6.07 Å². The molecule has 0 saturated heterocycles. The van der Waals surface area contributed by atoms with Crippen molar-refractivity contribution in [1.82, 2.24) is 0 Å². The fourth-order valence-electron chi connectivity index (χ4n) is 2.01. The molecule has 1 aliphatic rings. The zero-order chi connectivity index (χ0) is 12.0. The van der Waals surface area contributed by atoms with Crippen LogP contribution in [0.1, 0.15) is 11.1 Å². The molecule has 2 aromatic rings. The van der Waals surface area contributed by atoms with Crippen molar-refractivity contribution in [2.45, 2.75) is 6.42 Å². The normalized spacial score (nSPS) is 12.5. The van der Waals surface area contributed by atoms with Crippen LogP contribution in [0.25, 0.3) is 0 Å². The Labute approximate surface area is 97.3 Å². The molecule has 0 atom stereocenters. The van der Waals surface area contributed by atoms with Crippen LogP contribution in [0.2, 0.25) is 0 Å². The van der Waals surface area contributed by atoms with Gasteiger partial charge in [-0.1, -0.05) is 12.1 Å². The Morgan fingerprint density at radius 3 is 2.35 bits per heavy atom. The molecular weight excluding hydrogens is 220 g/mol. The molecule has 86 valence electrons. The van der Waals surface area contributed by atoms with Crippen LogP contribution in [0.3, 0.4) is 0 Å². The van der Waals surface area contributed by atoms with Gasteiger partial charge in [0.25, 0.3) is 0 Å². The average Bonchev–Trinajstić information content (AvgIpc) is 2.33. The maximum Gasteiger partial charge on any atom is 0.176 e. The molecule has 0 unspecified atom stereocenters. The van der Waals surface area contributed by atoms with Gasteiger partial charge in [-0.15, -0.1) is 0 Å². The molecule has 0 fully saturated rings. The van der Waals surface area contributed by atoms with Gasteiger partial charge in [0, 0.05) is 17.5 Å². The number of hydrogen-bond donors (Lipinski definition) is 3. The summed E-state index contributed by atoms with van der Waals surface area (Å²) in [6.45, 7) is 0. The smallest absolute Gasteiger partial charge is 0.176 e. The molecule has 0 amide bonds. The van der Waals surface area contributed by atoms with Crippen molar-refractivity contribution in [2.75, 3.05) is 0 Å². The second kappa shape index (κ2) is 3.31. The number of phenols is 3. The molecular formula is C13H10O4. The molecule has 4 nitrogen and oxygen atoms in total. The minimum Gasteiger partial charge on any atom is -0.508 e. The van der Waals surface area contributed by atoms with Crippen LogP contribution >= 0.6 is 0 Å². The first kappa shape index (κ1) is 9.84. The van der Waals surface area contributed by atoms with Crippen LogP contribution in [-0.2, 0) is 6.42 Å². The van der Waals surface area contributed by atoms with E-state index in [9.17, 15) is 15.3 Å². The molecule has 0 radical (unpaired) electrons. The van der Waals surface area contributed by atoms with E-state index in [0.717, 1.165) is 5.56 Å². The first-order chi connectivity index (χ1) is 8.16. The number of benzene rings is 2. The molecule has 2 aromatic carbocycles. The number of para-hydroxylation sites is 1. The molecule has 3 rings (SSSR count). The van der Waals surface area contributed by atoms with Crippen LogP contribution in [-0.4, -0.2) is 15.3 Å². The van der Waals surface area contributed by atoms with Crippen LogP contribution in [0.5, 0.6) is 28.7 Å². The molecule has 0 aliphatic carbocycles. The summed E-state index contributed by atoms with van der Waals surface area (Å²) >= 11 is 0. The van der Waals surface area contributed by atoms with E-state index in [2.05, 4.69) is 0 Å². The van der Waals surface area contributed by atoms with Gasteiger partial charge in [0.15, 0.2) is 23.0 Å². The third kappa shape index (κ3) is 1.38. The Morgan fingerprint density at radius 1 is 0.824 bits per heavy atom. The Morgan fingerprint density at radius 2 is 1.53 bits per heavy atom. The highest BCUT2D eigenvalue weighted by atomic mass is 16.5. The largest absolute Gasteiger partial charge is 0.508 e. The highest BCUT2D eigenvalue weighted by Gasteiger charge is 2.24. The lowest BCUT2D eigenvalue weighted by Crippen LogP contribution is -2.03. The topological polar surface area (TPSA) is 69.9 Å². The second-order valence-corrected chi connectivity index (χ2v) is 3.96. The van der Waals surface area contributed by atoms with E-state index in [1.165, 1.54) is 18.2 Å². The number of fused-ring (bicyclic) bond motifs is 2. The monoisotopic (exact) mass is 230 g/mol. The predicted molar refractivity (Wildman–Crippen MR) is 60.8 cm³/mol. The van der Waals surface area contributed by atoms with Gasteiger partial charge in [-0.2, -0.15) is 0 Å². The van der Waals surface area contributed by atoms with Gasteiger partial charge in [0.05, 0.1) is 0 Å². The van der Waals surface area contributed by atoms with Gasteiger partial charge in [-0.25, -0.2) is 0 Å². The van der Waals surface area contributed by atoms with E-state index in [-0.39, 0.29) is 23.0 Å². The van der Waals surface area contributed by atoms with Crippen LogP contribution in [0.4, 0.5) is 0 Å². The zero-order valence-electron chi connectivity index (χ0n) is 8.84. The van der Waals surface area contributed by atoms with Crippen LogP contribution in [0, 0.1) is 0 Å². The van der Waals surface area contributed by atoms with Crippen molar-refractivity contribution in [1.29, 1.82) is 0 Å². The van der Waals surface area contributed by atoms with Crippen molar-refractivity contribution in [3.63, 3.8) is 0 Å². The minimum absolute atomic E-state index is 0.0240. The molecule has 1 heterocycles. The number of aromatic hydroxyl groups is 3. The minimum atomic E-state index is -0.0493. The molecule has 0 bridgehead atoms. The summed E-state index contributed by atoms with van der Waals surface area (Å²) in [5, 5.41) is 29.1. The average molecular weight is 230 g/mol. The summed E-state index contributed by atoms with van der Waals surface area (Å²) in [4.78, 5) is 0. The fraction of sp³-hybridized carbons (Fsp3) is 0.0769. The Hall–Kier alpha value is -2.36. The number of phenolic OH excluding ortho intramolecular Hbond substituents is 3. The highest BCUT2D eigenvalue weighted by molar-refractivity contribution is 5.62. The zero-order valence-corrected chi connectivity index (χ0v) is 8.84. The maximum absolute atomic E-state index is 9.72. The molecule has 0 saturated carbocycles. The lowest BCUT2D eigenvalue weighted by atomic mass is 9.99. The first-order valence-corrected chi connectivity index (χ1v) is 5.19. The van der Waals surface area contributed by atoms with Crippen LogP contribution in [0.15, 0.2) is 30.3 Å². The Balaban J connectivity index is 2.21. The Kier molecular flexibility index (Phi) is 1.92. The summed E-state index contributed by atoms with van der Waals surface area (Å²) in [6.07, 6.45) is 0.416. The van der Waals surface area contributed by atoms with E-state index in [4.69, 9.17) is 4.74 Å². The van der Waals surface area contributed by atoms with E-state index in [0.29, 0.717) is 17.7 Å². The lowest BCUT2D eigenvalue weighted by molar-refractivity contribution is 0.366. The SMILES string of the molecule is Oc1ccc(O)c2c1Cc1cccc(O)c1O2. The second-order valence-electron chi connectivity index (χ2n) is 3.96. The highest BCUT2D eigenvalue weighted by Crippen LogP contribution is 2.48. The lowest BCUT2D eigenvalue weighted by Gasteiger charge is -2.22. The predicted octanol–water partition coefficient (Wildman–Crippen LogP) is 2.50. The van der Waals surface area contributed by atoms with E-state index in [1.807, 2.05) is 6.07 Å². The van der Waals surface area contributed by atoms with Gasteiger partial charge < -0.3 is 20.1 Å².